The number of anilines is 1. The first-order valence-electron chi connectivity index (χ1n) is 8.61. The monoisotopic (exact) mass is 405 g/mol. The van der Waals surface area contributed by atoms with Crippen molar-refractivity contribution in [2.45, 2.75) is 11.1 Å². The molecule has 9 heteroatoms. The normalized spacial score (nSPS) is 18.9. The summed E-state index contributed by atoms with van der Waals surface area (Å²) < 4.78 is 27.0. The van der Waals surface area contributed by atoms with Gasteiger partial charge in [-0.25, -0.2) is 8.42 Å². The highest BCUT2D eigenvalue weighted by Gasteiger charge is 2.37. The van der Waals surface area contributed by atoms with E-state index in [1.807, 2.05) is 17.9 Å². The minimum atomic E-state index is -3.45. The van der Waals surface area contributed by atoms with Gasteiger partial charge in [0.15, 0.2) is 0 Å². The summed E-state index contributed by atoms with van der Waals surface area (Å²) >= 11 is 1.21. The van der Waals surface area contributed by atoms with Crippen LogP contribution >= 0.6 is 11.3 Å². The molecule has 2 aliphatic rings. The Morgan fingerprint density at radius 2 is 1.81 bits per heavy atom. The number of rotatable bonds is 4. The second kappa shape index (κ2) is 6.83. The largest absolute Gasteiger partial charge is 0.300 e. The van der Waals surface area contributed by atoms with Gasteiger partial charge >= 0.3 is 5.91 Å². The van der Waals surface area contributed by atoms with Crippen molar-refractivity contribution in [3.05, 3.63) is 46.8 Å². The number of sulfonamides is 1. The molecule has 27 heavy (non-hydrogen) atoms. The van der Waals surface area contributed by atoms with Crippen LogP contribution in [0.3, 0.4) is 0 Å². The van der Waals surface area contributed by atoms with E-state index in [2.05, 4.69) is 0 Å². The molecule has 0 unspecified atom stereocenters. The molecule has 0 aliphatic carbocycles. The van der Waals surface area contributed by atoms with Gasteiger partial charge in [-0.15, -0.1) is 11.3 Å². The lowest BCUT2D eigenvalue weighted by atomic mass is 10.1. The number of hydrogen-bond acceptors (Lipinski definition) is 6. The van der Waals surface area contributed by atoms with Crippen LogP contribution in [0, 0.1) is 6.92 Å². The van der Waals surface area contributed by atoms with Gasteiger partial charge in [-0.1, -0.05) is 17.7 Å². The number of carbonyl (C=O) groups excluding carboxylic acids is 2. The highest BCUT2D eigenvalue weighted by atomic mass is 32.2. The maximum atomic E-state index is 12.6. The third kappa shape index (κ3) is 3.20. The van der Waals surface area contributed by atoms with Gasteiger partial charge in [0.25, 0.3) is 15.8 Å². The Hall–Kier alpha value is -2.07. The van der Waals surface area contributed by atoms with Gasteiger partial charge in [0.2, 0.25) is 0 Å². The standard InChI is InChI=1S/C18H19N3O4S2/c1-13-4-5-15-14(11-13)17(22)18(23)21(15)12-19-6-8-20(9-7-19)27(24,25)16-3-2-10-26-16/h2-5,10-11H,6-9,12H2,1H3. The van der Waals surface area contributed by atoms with E-state index in [4.69, 9.17) is 0 Å². The van der Waals surface area contributed by atoms with E-state index in [9.17, 15) is 18.0 Å². The average Bonchev–Trinajstić information content (AvgIpc) is 3.27. The van der Waals surface area contributed by atoms with E-state index >= 15 is 0 Å². The number of amides is 1. The number of thiophene rings is 1. The number of nitrogens with zero attached hydrogens (tertiary/aromatic N) is 3. The van der Waals surface area contributed by atoms with Crippen molar-refractivity contribution in [3.63, 3.8) is 0 Å². The first-order valence-corrected chi connectivity index (χ1v) is 10.9. The number of benzene rings is 1. The molecular weight excluding hydrogens is 386 g/mol. The molecule has 0 saturated carbocycles. The minimum absolute atomic E-state index is 0.285. The lowest BCUT2D eigenvalue weighted by Gasteiger charge is -2.35. The van der Waals surface area contributed by atoms with Crippen LogP contribution in [0.5, 0.6) is 0 Å². The summed E-state index contributed by atoms with van der Waals surface area (Å²) in [6, 6.07) is 8.75. The molecule has 1 saturated heterocycles. The zero-order valence-electron chi connectivity index (χ0n) is 14.8. The molecule has 3 heterocycles. The molecule has 1 aromatic carbocycles. The number of ketones is 1. The maximum Gasteiger partial charge on any atom is 0.300 e. The summed E-state index contributed by atoms with van der Waals surface area (Å²) in [7, 11) is -3.45. The van der Waals surface area contributed by atoms with Crippen molar-refractivity contribution in [2.24, 2.45) is 0 Å². The summed E-state index contributed by atoms with van der Waals surface area (Å²) in [5.74, 6) is -1.00. The van der Waals surface area contributed by atoms with Gasteiger partial charge in [-0.2, -0.15) is 4.31 Å². The van der Waals surface area contributed by atoms with E-state index in [-0.39, 0.29) is 6.67 Å². The minimum Gasteiger partial charge on any atom is -0.291 e. The van der Waals surface area contributed by atoms with Crippen LogP contribution in [0.1, 0.15) is 15.9 Å². The van der Waals surface area contributed by atoms with Crippen molar-refractivity contribution in [2.75, 3.05) is 37.7 Å². The number of carbonyl (C=O) groups is 2. The summed E-state index contributed by atoms with van der Waals surface area (Å²) in [5.41, 5.74) is 2.01. The Morgan fingerprint density at radius 3 is 2.48 bits per heavy atom. The lowest BCUT2D eigenvalue weighted by Crippen LogP contribution is -2.52. The predicted octanol–water partition coefficient (Wildman–Crippen LogP) is 1.55. The molecule has 7 nitrogen and oxygen atoms in total. The third-order valence-electron chi connectivity index (χ3n) is 4.89. The number of aryl methyl sites for hydroxylation is 1. The van der Waals surface area contributed by atoms with Gasteiger partial charge in [0, 0.05) is 26.2 Å². The Bertz CT molecular complexity index is 994. The molecular formula is C18H19N3O4S2. The van der Waals surface area contributed by atoms with Crippen molar-refractivity contribution < 1.29 is 18.0 Å². The molecule has 0 atom stereocenters. The molecule has 2 aromatic rings. The molecule has 0 spiro atoms. The van der Waals surface area contributed by atoms with E-state index in [1.54, 1.807) is 29.6 Å². The third-order valence-corrected chi connectivity index (χ3v) is 8.16. The summed E-state index contributed by atoms with van der Waals surface area (Å²) in [5, 5.41) is 1.75. The number of piperazine rings is 1. The van der Waals surface area contributed by atoms with Crippen LogP contribution in [0.4, 0.5) is 5.69 Å². The van der Waals surface area contributed by atoms with Crippen molar-refractivity contribution in [1.82, 2.24) is 9.21 Å². The van der Waals surface area contributed by atoms with Crippen LogP contribution in [0.25, 0.3) is 0 Å². The quantitative estimate of drug-likeness (QED) is 0.722. The van der Waals surface area contributed by atoms with Gasteiger partial charge in [0.1, 0.15) is 4.21 Å². The molecule has 1 aromatic heterocycles. The Labute approximate surface area is 161 Å². The highest BCUT2D eigenvalue weighted by Crippen LogP contribution is 2.30. The fourth-order valence-corrected chi connectivity index (χ4v) is 5.97. The molecule has 0 N–H and O–H groups in total. The van der Waals surface area contributed by atoms with Crippen LogP contribution in [-0.4, -0.2) is 62.2 Å². The Kier molecular flexibility index (Phi) is 4.63. The van der Waals surface area contributed by atoms with E-state index in [1.165, 1.54) is 20.5 Å². The average molecular weight is 406 g/mol. The summed E-state index contributed by atoms with van der Waals surface area (Å²) in [6.45, 7) is 3.89. The molecule has 1 amide bonds. The number of hydrogen-bond donors (Lipinski definition) is 0. The molecule has 0 bridgehead atoms. The van der Waals surface area contributed by atoms with Crippen LogP contribution in [-0.2, 0) is 14.8 Å². The molecule has 4 rings (SSSR count). The SMILES string of the molecule is Cc1ccc2c(c1)C(=O)C(=O)N2CN1CCN(S(=O)(=O)c2cccs2)CC1. The maximum absolute atomic E-state index is 12.6. The lowest BCUT2D eigenvalue weighted by molar-refractivity contribution is -0.114. The van der Waals surface area contributed by atoms with Crippen LogP contribution < -0.4 is 4.90 Å². The fraction of sp³-hybridized carbons (Fsp3) is 0.333. The van der Waals surface area contributed by atoms with Gasteiger partial charge < -0.3 is 0 Å². The van der Waals surface area contributed by atoms with Crippen molar-refractivity contribution in [1.29, 1.82) is 0 Å². The smallest absolute Gasteiger partial charge is 0.291 e. The zero-order chi connectivity index (χ0) is 19.2. The van der Waals surface area contributed by atoms with Gasteiger partial charge in [-0.3, -0.25) is 19.4 Å². The predicted molar refractivity (Wildman–Crippen MR) is 103 cm³/mol. The number of fused-ring (bicyclic) bond motifs is 1. The second-order valence-electron chi connectivity index (χ2n) is 6.68. The Balaban J connectivity index is 1.45. The summed E-state index contributed by atoms with van der Waals surface area (Å²) in [4.78, 5) is 28.1. The van der Waals surface area contributed by atoms with Crippen LogP contribution in [0.15, 0.2) is 39.9 Å². The van der Waals surface area contributed by atoms with Gasteiger partial charge in [0.05, 0.1) is 17.9 Å². The van der Waals surface area contributed by atoms with Crippen molar-refractivity contribution >= 4 is 38.7 Å². The van der Waals surface area contributed by atoms with Crippen LogP contribution in [0.2, 0.25) is 0 Å². The highest BCUT2D eigenvalue weighted by molar-refractivity contribution is 7.91. The van der Waals surface area contributed by atoms with Gasteiger partial charge in [-0.05, 0) is 30.5 Å². The Morgan fingerprint density at radius 1 is 1.07 bits per heavy atom. The zero-order valence-corrected chi connectivity index (χ0v) is 16.4. The molecule has 142 valence electrons. The first-order chi connectivity index (χ1) is 12.9. The number of Topliss-reactive ketones (excluding diaryl/α,β-unsaturated/α-hetero) is 1. The van der Waals surface area contributed by atoms with E-state index < -0.39 is 21.7 Å². The fourth-order valence-electron chi connectivity index (χ4n) is 3.40. The summed E-state index contributed by atoms with van der Waals surface area (Å²) in [6.07, 6.45) is 0. The van der Waals surface area contributed by atoms with E-state index in [0.29, 0.717) is 41.6 Å². The molecule has 1 fully saturated rings. The van der Waals surface area contributed by atoms with E-state index in [0.717, 1.165) is 5.56 Å². The van der Waals surface area contributed by atoms with Crippen molar-refractivity contribution in [3.8, 4) is 0 Å². The topological polar surface area (TPSA) is 78.0 Å². The second-order valence-corrected chi connectivity index (χ2v) is 9.79. The first kappa shape index (κ1) is 18.3. The molecule has 2 aliphatic heterocycles. The molecule has 0 radical (unpaired) electrons.